The Hall–Kier alpha value is -3.33. The zero-order valence-electron chi connectivity index (χ0n) is 17.8. The fourth-order valence-corrected chi connectivity index (χ4v) is 5.00. The summed E-state index contributed by atoms with van der Waals surface area (Å²) in [4.78, 5) is 30.7. The van der Waals surface area contributed by atoms with Gasteiger partial charge in [-0.05, 0) is 41.4 Å². The van der Waals surface area contributed by atoms with Crippen LogP contribution in [-0.2, 0) is 4.79 Å². The number of amides is 1. The van der Waals surface area contributed by atoms with Gasteiger partial charge in [0.2, 0.25) is 17.9 Å². The highest BCUT2D eigenvalue weighted by molar-refractivity contribution is 7.99. The first-order valence-electron chi connectivity index (χ1n) is 10.6. The molecule has 3 aromatic rings. The second-order valence-corrected chi connectivity index (χ2v) is 8.73. The molecule has 2 aliphatic rings. The van der Waals surface area contributed by atoms with Crippen molar-refractivity contribution in [3.63, 3.8) is 0 Å². The number of para-hydroxylation sites is 1. The summed E-state index contributed by atoms with van der Waals surface area (Å²) in [6.45, 7) is 3.80. The fraction of sp³-hybridized carbons (Fsp3) is 0.304. The lowest BCUT2D eigenvalue weighted by molar-refractivity contribution is -0.763. The molecule has 5 rings (SSSR count). The van der Waals surface area contributed by atoms with Crippen LogP contribution in [-0.4, -0.2) is 28.5 Å². The Labute approximate surface area is 189 Å². The molecule has 0 spiro atoms. The molecule has 1 aromatic heterocycles. The summed E-state index contributed by atoms with van der Waals surface area (Å²) in [6, 6.07) is 13.0. The van der Waals surface area contributed by atoms with Gasteiger partial charge >= 0.3 is 11.3 Å². The molecule has 0 radical (unpaired) electrons. The van der Waals surface area contributed by atoms with E-state index in [1.807, 2.05) is 42.5 Å². The maximum Gasteiger partial charge on any atom is 0.325 e. The van der Waals surface area contributed by atoms with E-state index in [0.29, 0.717) is 33.6 Å². The van der Waals surface area contributed by atoms with Gasteiger partial charge in [0.15, 0.2) is 11.5 Å². The number of carbonyl (C=O) groups excluding carboxylic acids is 1. The first kappa shape index (κ1) is 20.6. The Balaban J connectivity index is 1.73. The number of carbonyl (C=O) groups is 1. The van der Waals surface area contributed by atoms with E-state index >= 15 is 0 Å². The molecule has 32 heavy (non-hydrogen) atoms. The Morgan fingerprint density at radius 2 is 2.06 bits per heavy atom. The van der Waals surface area contributed by atoms with Gasteiger partial charge in [-0.25, -0.2) is 4.90 Å². The number of fused-ring (bicyclic) bond motifs is 4. The third kappa shape index (κ3) is 3.42. The van der Waals surface area contributed by atoms with E-state index in [1.165, 1.54) is 18.7 Å². The third-order valence-corrected chi connectivity index (χ3v) is 6.48. The zero-order valence-corrected chi connectivity index (χ0v) is 18.6. The minimum atomic E-state index is -0.639. The number of unbranched alkanes of at least 4 members (excludes halogenated alkanes) is 1. The molecule has 0 saturated heterocycles. The van der Waals surface area contributed by atoms with Crippen molar-refractivity contribution >= 4 is 23.4 Å². The predicted octanol–water partition coefficient (Wildman–Crippen LogP) is 3.26. The topological polar surface area (TPSA) is 88.4 Å². The summed E-state index contributed by atoms with van der Waals surface area (Å²) in [5, 5.41) is 5.32. The number of ether oxygens (including phenoxy) is 2. The summed E-state index contributed by atoms with van der Waals surface area (Å²) in [6.07, 6.45) is 1.44. The van der Waals surface area contributed by atoms with Gasteiger partial charge < -0.3 is 9.47 Å². The Morgan fingerprint density at radius 1 is 1.25 bits per heavy atom. The average molecular weight is 452 g/mol. The largest absolute Gasteiger partial charge is 0.454 e. The van der Waals surface area contributed by atoms with Gasteiger partial charge in [-0.1, -0.05) is 37.2 Å². The number of aromatic nitrogens is 3. The minimum absolute atomic E-state index is 0.152. The molecule has 1 amide bonds. The number of thioether (sulfide) groups is 1. The van der Waals surface area contributed by atoms with Gasteiger partial charge in [0.05, 0.1) is 11.3 Å². The summed E-state index contributed by atoms with van der Waals surface area (Å²) >= 11 is 1.50. The summed E-state index contributed by atoms with van der Waals surface area (Å²) in [5.74, 6) is 1.95. The van der Waals surface area contributed by atoms with Crippen molar-refractivity contribution in [3.8, 4) is 22.8 Å². The molecule has 8 nitrogen and oxygen atoms in total. The third-order valence-electron chi connectivity index (χ3n) is 5.53. The lowest BCUT2D eigenvalue weighted by atomic mass is 10.0. The smallest absolute Gasteiger partial charge is 0.325 e. The molecule has 2 aliphatic heterocycles. The van der Waals surface area contributed by atoms with Crippen molar-refractivity contribution in [3.05, 3.63) is 58.4 Å². The molecule has 2 aromatic carbocycles. The number of hydrogen-bond donors (Lipinski definition) is 1. The Morgan fingerprint density at radius 3 is 2.88 bits per heavy atom. The van der Waals surface area contributed by atoms with Crippen molar-refractivity contribution in [2.75, 3.05) is 17.4 Å². The van der Waals surface area contributed by atoms with Crippen LogP contribution >= 0.6 is 11.8 Å². The number of H-pyrrole nitrogens is 1. The van der Waals surface area contributed by atoms with Gasteiger partial charge in [-0.15, -0.1) is 0 Å². The number of rotatable bonds is 5. The van der Waals surface area contributed by atoms with Gasteiger partial charge in [0.1, 0.15) is 0 Å². The van der Waals surface area contributed by atoms with E-state index in [2.05, 4.69) is 11.9 Å². The molecular weight excluding hydrogens is 428 g/mol. The molecule has 0 aliphatic carbocycles. The van der Waals surface area contributed by atoms with Crippen LogP contribution in [0.2, 0.25) is 0 Å². The molecule has 1 N–H and O–H groups in total. The van der Waals surface area contributed by atoms with Gasteiger partial charge in [0, 0.05) is 23.3 Å². The zero-order chi connectivity index (χ0) is 22.2. The summed E-state index contributed by atoms with van der Waals surface area (Å²) < 4.78 is 12.7. The van der Waals surface area contributed by atoms with E-state index in [1.54, 1.807) is 9.58 Å². The SMILES string of the molecule is CCCCSc1n[n+]2c(c(=O)[nH]1)-c1ccccc1N(C(C)=O)[C@H]2c1ccc2c(c1)OCO2. The van der Waals surface area contributed by atoms with E-state index < -0.39 is 6.17 Å². The van der Waals surface area contributed by atoms with Crippen LogP contribution < -0.4 is 24.6 Å². The highest BCUT2D eigenvalue weighted by atomic mass is 32.2. The normalized spacial score (nSPS) is 15.9. The highest BCUT2D eigenvalue weighted by Crippen LogP contribution is 2.40. The van der Waals surface area contributed by atoms with E-state index in [-0.39, 0.29) is 18.3 Å². The van der Waals surface area contributed by atoms with Crippen molar-refractivity contribution in [2.45, 2.75) is 38.0 Å². The minimum Gasteiger partial charge on any atom is -0.454 e. The Bertz CT molecular complexity index is 1260. The van der Waals surface area contributed by atoms with Crippen LogP contribution in [0.25, 0.3) is 11.3 Å². The lowest BCUT2D eigenvalue weighted by Crippen LogP contribution is -2.60. The maximum atomic E-state index is 13.2. The lowest BCUT2D eigenvalue weighted by Gasteiger charge is -2.31. The van der Waals surface area contributed by atoms with Gasteiger partial charge in [-0.2, -0.15) is 0 Å². The number of aromatic amines is 1. The summed E-state index contributed by atoms with van der Waals surface area (Å²) in [5.41, 5.74) is 2.29. The highest BCUT2D eigenvalue weighted by Gasteiger charge is 2.45. The van der Waals surface area contributed by atoms with Crippen molar-refractivity contribution in [1.82, 2.24) is 10.1 Å². The van der Waals surface area contributed by atoms with Crippen LogP contribution in [0.15, 0.2) is 52.4 Å². The Kier molecular flexibility index (Phi) is 5.34. The van der Waals surface area contributed by atoms with Crippen molar-refractivity contribution < 1.29 is 19.0 Å². The van der Waals surface area contributed by atoms with Crippen LogP contribution in [0.4, 0.5) is 5.69 Å². The first-order valence-corrected chi connectivity index (χ1v) is 11.5. The molecule has 0 fully saturated rings. The van der Waals surface area contributed by atoms with Crippen LogP contribution in [0.3, 0.4) is 0 Å². The number of nitrogens with one attached hydrogen (secondary N) is 1. The van der Waals surface area contributed by atoms with Crippen LogP contribution in [0.5, 0.6) is 11.5 Å². The van der Waals surface area contributed by atoms with E-state index in [4.69, 9.17) is 14.6 Å². The monoisotopic (exact) mass is 451 g/mol. The molecule has 1 atom stereocenters. The van der Waals surface area contributed by atoms with E-state index in [9.17, 15) is 9.59 Å². The molecule has 3 heterocycles. The van der Waals surface area contributed by atoms with Crippen LogP contribution in [0.1, 0.15) is 38.4 Å². The molecular formula is C23H23N4O4S+. The van der Waals surface area contributed by atoms with Crippen molar-refractivity contribution in [2.24, 2.45) is 0 Å². The predicted molar refractivity (Wildman–Crippen MR) is 120 cm³/mol. The quantitative estimate of drug-likeness (QED) is 0.364. The number of anilines is 1. The number of benzene rings is 2. The second-order valence-electron chi connectivity index (χ2n) is 7.65. The van der Waals surface area contributed by atoms with Crippen LogP contribution in [0, 0.1) is 0 Å². The molecule has 0 saturated carbocycles. The maximum absolute atomic E-state index is 13.2. The summed E-state index contributed by atoms with van der Waals surface area (Å²) in [7, 11) is 0. The molecule has 0 unspecified atom stereocenters. The van der Waals surface area contributed by atoms with Gasteiger partial charge in [-0.3, -0.25) is 14.6 Å². The molecule has 164 valence electrons. The number of hydrogen-bond acceptors (Lipinski definition) is 6. The second kappa shape index (κ2) is 8.31. The number of nitrogens with zero attached hydrogens (tertiary/aromatic N) is 3. The standard InChI is InChI=1S/C23H22N4O4S/c1-3-4-11-32-23-24-21(29)20-16-7-5-6-8-17(16)26(14(2)28)22(27(20)25-23)15-9-10-18-19(12-15)31-13-30-18/h5-10,12,22H,3-4,11,13H2,1-2H3/p+1/t22-/m1/s1. The van der Waals surface area contributed by atoms with Gasteiger partial charge in [0.25, 0.3) is 6.17 Å². The fourth-order valence-electron chi connectivity index (χ4n) is 4.06. The van der Waals surface area contributed by atoms with E-state index in [0.717, 1.165) is 24.2 Å². The first-order chi connectivity index (χ1) is 15.6. The molecule has 9 heteroatoms. The van der Waals surface area contributed by atoms with Crippen molar-refractivity contribution in [1.29, 1.82) is 0 Å². The average Bonchev–Trinajstić information content (AvgIpc) is 3.26. The molecule has 0 bridgehead atoms.